The summed E-state index contributed by atoms with van der Waals surface area (Å²) < 4.78 is 1.68. The van der Waals surface area contributed by atoms with Crippen molar-refractivity contribution in [2.75, 3.05) is 0 Å². The lowest BCUT2D eigenvalue weighted by Crippen LogP contribution is -2.24. The maximum Gasteiger partial charge on any atom is 0.282 e. The molecule has 6 rings (SSSR count). The molecule has 177 valence electrons. The van der Waals surface area contributed by atoms with Crippen molar-refractivity contribution >= 4 is 21.9 Å². The van der Waals surface area contributed by atoms with Crippen molar-refractivity contribution in [3.63, 3.8) is 0 Å². The van der Waals surface area contributed by atoms with Gasteiger partial charge in [0.2, 0.25) is 0 Å². The van der Waals surface area contributed by atoms with Crippen LogP contribution in [-0.4, -0.2) is 14.5 Å². The SMILES string of the molecule is [CH]=C(C)CCc1nc2c([nH]c3ccccc32)c(=O)n1-c1ccccc1.[HH].c1ccc2c(c1)CCCC2. The first-order valence-electron chi connectivity index (χ1n) is 12.3. The first-order chi connectivity index (χ1) is 17.1. The molecule has 4 nitrogen and oxygen atoms in total. The van der Waals surface area contributed by atoms with E-state index in [-0.39, 0.29) is 6.99 Å². The largest absolute Gasteiger partial charge is 0.349 e. The predicted molar refractivity (Wildman–Crippen MR) is 146 cm³/mol. The molecule has 2 aromatic heterocycles. The fourth-order valence-electron chi connectivity index (χ4n) is 4.80. The summed E-state index contributed by atoms with van der Waals surface area (Å²) in [5, 5.41) is 0.963. The molecule has 1 aliphatic rings. The second-order valence-corrected chi connectivity index (χ2v) is 9.22. The van der Waals surface area contributed by atoms with Crippen LogP contribution in [0.4, 0.5) is 0 Å². The van der Waals surface area contributed by atoms with Crippen molar-refractivity contribution < 1.29 is 1.43 Å². The molecule has 3 aromatic carbocycles. The summed E-state index contributed by atoms with van der Waals surface area (Å²) in [4.78, 5) is 21.3. The van der Waals surface area contributed by atoms with Crippen LogP contribution in [0.5, 0.6) is 0 Å². The first-order valence-corrected chi connectivity index (χ1v) is 12.3. The van der Waals surface area contributed by atoms with Crippen molar-refractivity contribution in [1.82, 2.24) is 14.5 Å². The zero-order chi connectivity index (χ0) is 24.2. The van der Waals surface area contributed by atoms with Crippen LogP contribution in [0.15, 0.2) is 89.2 Å². The van der Waals surface area contributed by atoms with E-state index < -0.39 is 0 Å². The Balaban J connectivity index is 0.000000232. The Kier molecular flexibility index (Phi) is 6.62. The van der Waals surface area contributed by atoms with Gasteiger partial charge in [-0.15, -0.1) is 0 Å². The quantitative estimate of drug-likeness (QED) is 0.313. The molecule has 0 saturated heterocycles. The molecule has 1 radical (unpaired) electrons. The minimum absolute atomic E-state index is 0. The topological polar surface area (TPSA) is 50.7 Å². The molecule has 0 unspecified atom stereocenters. The number of nitrogens with zero attached hydrogens (tertiary/aromatic N) is 2. The minimum atomic E-state index is -0.0860. The number of nitrogens with one attached hydrogen (secondary N) is 1. The summed E-state index contributed by atoms with van der Waals surface area (Å²) in [5.41, 5.74) is 6.87. The number of allylic oxidation sites excluding steroid dienone is 1. The van der Waals surface area contributed by atoms with Crippen LogP contribution in [0.2, 0.25) is 0 Å². The fraction of sp³-hybridized carbons (Fsp3) is 0.226. The van der Waals surface area contributed by atoms with E-state index in [1.54, 1.807) is 15.7 Å². The standard InChI is InChI=1S/C21H18N3O.C10H12.H2/c1-14(2)12-13-18-23-19-16-10-6-7-11-17(16)22-20(19)21(25)24(18)15-8-4-3-5-9-15;1-2-6-10-8-4-3-7-9(10)5-1;/h1,3-11,22H,12-13H2,2H3;1-2,5-6H,3-4,7-8H2;1H. The van der Waals surface area contributed by atoms with Crippen LogP contribution in [0, 0.1) is 6.58 Å². The van der Waals surface area contributed by atoms with Crippen molar-refractivity contribution in [1.29, 1.82) is 0 Å². The average molecular weight is 463 g/mol. The van der Waals surface area contributed by atoms with Crippen molar-refractivity contribution in [2.24, 2.45) is 0 Å². The summed E-state index contributed by atoms with van der Waals surface area (Å²) in [5.74, 6) is 0.721. The molecular weight excluding hydrogens is 430 g/mol. The van der Waals surface area contributed by atoms with E-state index in [2.05, 4.69) is 29.2 Å². The maximum absolute atomic E-state index is 13.2. The third kappa shape index (κ3) is 4.83. The summed E-state index contributed by atoms with van der Waals surface area (Å²) in [7, 11) is 0. The lowest BCUT2D eigenvalue weighted by molar-refractivity contribution is 0.685. The van der Waals surface area contributed by atoms with E-state index in [0.717, 1.165) is 33.5 Å². The number of hydrogen-bond donors (Lipinski definition) is 1. The van der Waals surface area contributed by atoms with Gasteiger partial charge in [0.05, 0.1) is 5.69 Å². The van der Waals surface area contributed by atoms with Gasteiger partial charge in [-0.05, 0) is 68.4 Å². The lowest BCUT2D eigenvalue weighted by atomic mass is 9.92. The molecular formula is C31H32N3O. The number of rotatable bonds is 4. The summed E-state index contributed by atoms with van der Waals surface area (Å²) in [6.45, 7) is 7.73. The number of para-hydroxylation sites is 2. The molecule has 0 atom stereocenters. The molecule has 0 aliphatic heterocycles. The van der Waals surface area contributed by atoms with Crippen molar-refractivity contribution in [3.8, 4) is 5.69 Å². The van der Waals surface area contributed by atoms with Gasteiger partial charge in [0.1, 0.15) is 16.9 Å². The van der Waals surface area contributed by atoms with Crippen LogP contribution < -0.4 is 5.56 Å². The van der Waals surface area contributed by atoms with Gasteiger partial charge in [-0.1, -0.05) is 72.8 Å². The van der Waals surface area contributed by atoms with Crippen LogP contribution in [0.3, 0.4) is 0 Å². The van der Waals surface area contributed by atoms with E-state index >= 15 is 0 Å². The van der Waals surface area contributed by atoms with Gasteiger partial charge in [0, 0.05) is 18.8 Å². The van der Waals surface area contributed by atoms with Gasteiger partial charge in [0.15, 0.2) is 0 Å². The molecule has 4 heteroatoms. The fourth-order valence-corrected chi connectivity index (χ4v) is 4.80. The summed E-state index contributed by atoms with van der Waals surface area (Å²) in [6, 6.07) is 26.2. The molecule has 0 amide bonds. The molecule has 1 aliphatic carbocycles. The highest BCUT2D eigenvalue weighted by Gasteiger charge is 2.16. The molecule has 0 saturated carbocycles. The zero-order valence-electron chi connectivity index (χ0n) is 20.1. The maximum atomic E-state index is 13.2. The highest BCUT2D eigenvalue weighted by atomic mass is 16.1. The number of fused-ring (bicyclic) bond motifs is 4. The highest BCUT2D eigenvalue weighted by Crippen LogP contribution is 2.23. The van der Waals surface area contributed by atoms with E-state index in [9.17, 15) is 4.79 Å². The number of aryl methyl sites for hydroxylation is 3. The lowest BCUT2D eigenvalue weighted by Gasteiger charge is -2.13. The van der Waals surface area contributed by atoms with E-state index in [1.807, 2.05) is 61.5 Å². The number of aromatic amines is 1. The van der Waals surface area contributed by atoms with Crippen molar-refractivity contribution in [2.45, 2.75) is 45.4 Å². The number of H-pyrrole nitrogens is 1. The molecule has 0 spiro atoms. The second kappa shape index (κ2) is 10.1. The van der Waals surface area contributed by atoms with Crippen LogP contribution in [-0.2, 0) is 19.3 Å². The smallest absolute Gasteiger partial charge is 0.282 e. The van der Waals surface area contributed by atoms with Crippen LogP contribution >= 0.6 is 0 Å². The minimum Gasteiger partial charge on any atom is -0.349 e. The van der Waals surface area contributed by atoms with E-state index in [4.69, 9.17) is 11.6 Å². The normalized spacial score (nSPS) is 12.7. The second-order valence-electron chi connectivity index (χ2n) is 9.22. The van der Waals surface area contributed by atoms with Gasteiger partial charge >= 0.3 is 0 Å². The van der Waals surface area contributed by atoms with Crippen LogP contribution in [0.25, 0.3) is 27.6 Å². The molecule has 35 heavy (non-hydrogen) atoms. The third-order valence-electron chi connectivity index (χ3n) is 6.61. The van der Waals surface area contributed by atoms with Crippen molar-refractivity contribution in [3.05, 3.63) is 118 Å². The number of aromatic nitrogens is 3. The predicted octanol–water partition coefficient (Wildman–Crippen LogP) is 6.99. The Morgan fingerprint density at radius 1 is 0.943 bits per heavy atom. The average Bonchev–Trinajstić information content (AvgIpc) is 3.27. The van der Waals surface area contributed by atoms with E-state index in [0.29, 0.717) is 18.4 Å². The Morgan fingerprint density at radius 2 is 1.57 bits per heavy atom. The van der Waals surface area contributed by atoms with Gasteiger partial charge in [-0.2, -0.15) is 0 Å². The Bertz CT molecular complexity index is 1520. The Hall–Kier alpha value is -3.92. The Labute approximate surface area is 207 Å². The monoisotopic (exact) mass is 462 g/mol. The first kappa shape index (κ1) is 22.9. The van der Waals surface area contributed by atoms with Gasteiger partial charge < -0.3 is 4.98 Å². The summed E-state index contributed by atoms with van der Waals surface area (Å²) >= 11 is 0. The molecule has 2 heterocycles. The van der Waals surface area contributed by atoms with Gasteiger partial charge in [-0.3, -0.25) is 9.36 Å². The third-order valence-corrected chi connectivity index (χ3v) is 6.61. The molecule has 0 fully saturated rings. The van der Waals surface area contributed by atoms with Gasteiger partial charge in [0.25, 0.3) is 5.56 Å². The number of hydrogen-bond acceptors (Lipinski definition) is 2. The Morgan fingerprint density at radius 3 is 2.26 bits per heavy atom. The molecule has 1 N–H and O–H groups in total. The zero-order valence-corrected chi connectivity index (χ0v) is 20.1. The van der Waals surface area contributed by atoms with Gasteiger partial charge in [-0.25, -0.2) is 4.98 Å². The highest BCUT2D eigenvalue weighted by molar-refractivity contribution is 6.04. The summed E-state index contributed by atoms with van der Waals surface area (Å²) in [6.07, 6.45) is 6.68. The van der Waals surface area contributed by atoms with Crippen LogP contribution in [0.1, 0.15) is 44.6 Å². The molecule has 0 bridgehead atoms. The van der Waals surface area contributed by atoms with E-state index in [1.165, 1.54) is 25.7 Å². The number of benzene rings is 3. The molecule has 5 aromatic rings.